The zero-order valence-electron chi connectivity index (χ0n) is 19.0. The number of amides is 1. The lowest BCUT2D eigenvalue weighted by Crippen LogP contribution is -2.29. The lowest BCUT2D eigenvalue weighted by molar-refractivity contribution is -0.132. The first-order valence-corrected chi connectivity index (χ1v) is 11.2. The lowest BCUT2D eigenvalue weighted by atomic mass is 9.95. The van der Waals surface area contributed by atoms with Crippen molar-refractivity contribution in [2.24, 2.45) is 0 Å². The number of nitrogens with zero attached hydrogens (tertiary/aromatic N) is 1. The summed E-state index contributed by atoms with van der Waals surface area (Å²) in [6.07, 6.45) is 0. The van der Waals surface area contributed by atoms with Crippen molar-refractivity contribution in [3.05, 3.63) is 100 Å². The van der Waals surface area contributed by atoms with E-state index in [-0.39, 0.29) is 17.9 Å². The van der Waals surface area contributed by atoms with Gasteiger partial charge in [-0.3, -0.25) is 14.5 Å². The average molecular weight is 492 g/mol. The van der Waals surface area contributed by atoms with Crippen LogP contribution >= 0.6 is 11.6 Å². The summed E-state index contributed by atoms with van der Waals surface area (Å²) >= 11 is 6.09. The number of hydrogen-bond acceptors (Lipinski definition) is 6. The van der Waals surface area contributed by atoms with Crippen LogP contribution in [-0.2, 0) is 14.3 Å². The summed E-state index contributed by atoms with van der Waals surface area (Å²) in [6, 6.07) is 18.5. The number of methoxy groups -OCH3 is 1. The minimum Gasteiger partial charge on any atom is -0.507 e. The molecule has 3 aromatic carbocycles. The molecule has 1 heterocycles. The van der Waals surface area contributed by atoms with Crippen LogP contribution in [0.15, 0.2) is 78.4 Å². The molecule has 1 unspecified atom stereocenters. The molecule has 0 bridgehead atoms. The molecule has 1 N–H and O–H groups in total. The monoisotopic (exact) mass is 491 g/mol. The number of halogens is 1. The topological polar surface area (TPSA) is 93.1 Å². The number of Topliss-reactive ketones (excluding diaryl/α,β-unsaturated/α-hetero) is 1. The molecule has 0 radical (unpaired) electrons. The van der Waals surface area contributed by atoms with Crippen molar-refractivity contribution in [1.82, 2.24) is 0 Å². The number of ketones is 1. The average Bonchev–Trinajstić information content (AvgIpc) is 3.14. The molecule has 35 heavy (non-hydrogen) atoms. The summed E-state index contributed by atoms with van der Waals surface area (Å²) in [5, 5.41) is 11.5. The highest BCUT2D eigenvalue weighted by Crippen LogP contribution is 2.43. The van der Waals surface area contributed by atoms with Crippen molar-refractivity contribution in [2.45, 2.75) is 13.0 Å². The predicted octanol–water partition coefficient (Wildman–Crippen LogP) is 5.15. The molecule has 1 amide bonds. The van der Waals surface area contributed by atoms with E-state index in [1.807, 2.05) is 0 Å². The molecule has 1 saturated heterocycles. The number of hydrogen-bond donors (Lipinski definition) is 1. The number of aliphatic hydroxyl groups excluding tert-OH is 1. The van der Waals surface area contributed by atoms with E-state index in [0.717, 1.165) is 0 Å². The lowest BCUT2D eigenvalue weighted by Gasteiger charge is -2.26. The fourth-order valence-electron chi connectivity index (χ4n) is 3.99. The fourth-order valence-corrected chi connectivity index (χ4v) is 4.18. The normalized spacial score (nSPS) is 16.9. The predicted molar refractivity (Wildman–Crippen MR) is 132 cm³/mol. The van der Waals surface area contributed by atoms with Crippen LogP contribution in [0.1, 0.15) is 34.5 Å². The Kier molecular flexibility index (Phi) is 6.89. The Hall–Kier alpha value is -4.10. The summed E-state index contributed by atoms with van der Waals surface area (Å²) in [5.74, 6) is -1.97. The molecular weight excluding hydrogens is 470 g/mol. The summed E-state index contributed by atoms with van der Waals surface area (Å²) in [6.45, 7) is 1.94. The standard InChI is InChI=1S/C27H22ClNO6/c1-3-35-27(33)16-10-12-20(13-11-16)29-23(17-6-5-9-21(15-17)34-2)22(25(31)26(29)32)24(30)18-7-4-8-19(28)14-18/h4-15,23,30H,3H2,1-2H3/b24-22+. The number of carbonyl (C=O) groups is 3. The van der Waals surface area contributed by atoms with Crippen LogP contribution in [-0.4, -0.2) is 36.5 Å². The van der Waals surface area contributed by atoms with Gasteiger partial charge in [-0.25, -0.2) is 4.79 Å². The van der Waals surface area contributed by atoms with Gasteiger partial charge >= 0.3 is 5.97 Å². The second-order valence-electron chi connectivity index (χ2n) is 7.72. The van der Waals surface area contributed by atoms with Gasteiger partial charge in [0.1, 0.15) is 11.5 Å². The molecular formula is C27H22ClNO6. The summed E-state index contributed by atoms with van der Waals surface area (Å²) in [4.78, 5) is 39.8. The second-order valence-corrected chi connectivity index (χ2v) is 8.16. The first-order chi connectivity index (χ1) is 16.8. The van der Waals surface area contributed by atoms with E-state index < -0.39 is 23.7 Å². The molecule has 0 aromatic heterocycles. The van der Waals surface area contributed by atoms with E-state index in [2.05, 4.69) is 0 Å². The highest BCUT2D eigenvalue weighted by atomic mass is 35.5. The second kappa shape index (κ2) is 10.0. The molecule has 4 rings (SSSR count). The van der Waals surface area contributed by atoms with Crippen molar-refractivity contribution in [1.29, 1.82) is 0 Å². The van der Waals surface area contributed by atoms with Crippen LogP contribution in [0.3, 0.4) is 0 Å². The summed E-state index contributed by atoms with van der Waals surface area (Å²) in [5.41, 5.74) is 1.46. The van der Waals surface area contributed by atoms with Gasteiger partial charge in [0.15, 0.2) is 0 Å². The summed E-state index contributed by atoms with van der Waals surface area (Å²) in [7, 11) is 1.51. The number of rotatable bonds is 6. The van der Waals surface area contributed by atoms with Gasteiger partial charge in [-0.05, 0) is 61.0 Å². The van der Waals surface area contributed by atoms with E-state index in [0.29, 0.717) is 33.1 Å². The van der Waals surface area contributed by atoms with Crippen LogP contribution in [0.25, 0.3) is 5.76 Å². The molecule has 7 nitrogen and oxygen atoms in total. The van der Waals surface area contributed by atoms with Gasteiger partial charge in [0.05, 0.1) is 30.9 Å². The maximum atomic E-state index is 13.3. The minimum atomic E-state index is -0.947. The highest BCUT2D eigenvalue weighted by molar-refractivity contribution is 6.51. The number of anilines is 1. The van der Waals surface area contributed by atoms with Gasteiger partial charge in [-0.15, -0.1) is 0 Å². The molecule has 0 saturated carbocycles. The zero-order valence-corrected chi connectivity index (χ0v) is 19.8. The van der Waals surface area contributed by atoms with Crippen LogP contribution < -0.4 is 9.64 Å². The molecule has 1 atom stereocenters. The first kappa shape index (κ1) is 24.0. The van der Waals surface area contributed by atoms with E-state index >= 15 is 0 Å². The Morgan fingerprint density at radius 2 is 1.71 bits per heavy atom. The maximum Gasteiger partial charge on any atom is 0.338 e. The number of aliphatic hydroxyl groups is 1. The van der Waals surface area contributed by atoms with Gasteiger partial charge in [0.2, 0.25) is 0 Å². The molecule has 1 aliphatic rings. The maximum absolute atomic E-state index is 13.3. The molecule has 8 heteroatoms. The molecule has 178 valence electrons. The molecule has 0 spiro atoms. The molecule has 0 aliphatic carbocycles. The Morgan fingerprint density at radius 1 is 1.00 bits per heavy atom. The van der Waals surface area contributed by atoms with Crippen LogP contribution in [0, 0.1) is 0 Å². The highest BCUT2D eigenvalue weighted by Gasteiger charge is 2.47. The largest absolute Gasteiger partial charge is 0.507 e. The van der Waals surface area contributed by atoms with Gasteiger partial charge in [0.25, 0.3) is 11.7 Å². The van der Waals surface area contributed by atoms with Crippen molar-refractivity contribution in [2.75, 3.05) is 18.6 Å². The Morgan fingerprint density at radius 3 is 2.37 bits per heavy atom. The van der Waals surface area contributed by atoms with Crippen molar-refractivity contribution < 1.29 is 29.0 Å². The third-order valence-electron chi connectivity index (χ3n) is 5.61. The smallest absolute Gasteiger partial charge is 0.338 e. The molecule has 3 aromatic rings. The Balaban J connectivity index is 1.88. The van der Waals surface area contributed by atoms with Gasteiger partial charge in [-0.1, -0.05) is 35.9 Å². The van der Waals surface area contributed by atoms with E-state index in [4.69, 9.17) is 21.1 Å². The van der Waals surface area contributed by atoms with Crippen molar-refractivity contribution >= 4 is 40.7 Å². The third kappa shape index (κ3) is 4.63. The van der Waals surface area contributed by atoms with Gasteiger partial charge in [0, 0.05) is 16.3 Å². The minimum absolute atomic E-state index is 0.0833. The zero-order chi connectivity index (χ0) is 25.1. The Labute approximate surface area is 207 Å². The van der Waals surface area contributed by atoms with E-state index in [1.165, 1.54) is 30.2 Å². The quantitative estimate of drug-likeness (QED) is 0.222. The van der Waals surface area contributed by atoms with Crippen LogP contribution in [0.5, 0.6) is 5.75 Å². The van der Waals surface area contributed by atoms with E-state index in [9.17, 15) is 19.5 Å². The summed E-state index contributed by atoms with van der Waals surface area (Å²) < 4.78 is 10.4. The number of carbonyl (C=O) groups excluding carboxylic acids is 3. The van der Waals surface area contributed by atoms with E-state index in [1.54, 1.807) is 61.5 Å². The number of benzene rings is 3. The van der Waals surface area contributed by atoms with Crippen molar-refractivity contribution in [3.8, 4) is 5.75 Å². The third-order valence-corrected chi connectivity index (χ3v) is 5.84. The SMILES string of the molecule is CCOC(=O)c1ccc(N2C(=O)C(=O)/C(=C(/O)c3cccc(Cl)c3)C2c2cccc(OC)c2)cc1. The first-order valence-electron chi connectivity index (χ1n) is 10.8. The van der Waals surface area contributed by atoms with Crippen LogP contribution in [0.2, 0.25) is 5.02 Å². The van der Waals surface area contributed by atoms with Crippen molar-refractivity contribution in [3.63, 3.8) is 0 Å². The number of ether oxygens (including phenoxy) is 2. The van der Waals surface area contributed by atoms with Gasteiger partial charge in [-0.2, -0.15) is 0 Å². The molecule has 1 fully saturated rings. The molecule has 1 aliphatic heterocycles. The fraction of sp³-hybridized carbons (Fsp3) is 0.148. The van der Waals surface area contributed by atoms with Crippen LogP contribution in [0.4, 0.5) is 5.69 Å². The Bertz CT molecular complexity index is 1330. The number of esters is 1. The van der Waals surface area contributed by atoms with Gasteiger partial charge < -0.3 is 14.6 Å².